The van der Waals surface area contributed by atoms with Crippen molar-refractivity contribution < 1.29 is 13.5 Å². The minimum absolute atomic E-state index is 0.261. The molecule has 0 bridgehead atoms. The molecule has 0 unspecified atom stereocenters. The molecule has 0 spiro atoms. The van der Waals surface area contributed by atoms with Crippen LogP contribution in [0, 0.1) is 5.82 Å². The molecule has 3 aromatic rings. The molecule has 24 heavy (non-hydrogen) atoms. The van der Waals surface area contributed by atoms with E-state index in [1.807, 2.05) is 31.2 Å². The van der Waals surface area contributed by atoms with Crippen molar-refractivity contribution in [3.63, 3.8) is 0 Å². The van der Waals surface area contributed by atoms with E-state index in [0.717, 1.165) is 11.3 Å². The maximum atomic E-state index is 13.8. The van der Waals surface area contributed by atoms with E-state index < -0.39 is 0 Å². The van der Waals surface area contributed by atoms with Crippen LogP contribution in [0.2, 0.25) is 0 Å². The van der Waals surface area contributed by atoms with Crippen molar-refractivity contribution in [1.82, 2.24) is 10.2 Å². The number of hydrogen-bond donors (Lipinski definition) is 0. The Morgan fingerprint density at radius 3 is 2.67 bits per heavy atom. The zero-order chi connectivity index (χ0) is 16.9. The summed E-state index contributed by atoms with van der Waals surface area (Å²) in [6.45, 7) is 2.55. The molecule has 0 saturated carbocycles. The summed E-state index contributed by atoms with van der Waals surface area (Å²) in [6, 6.07) is 12.4. The highest BCUT2D eigenvalue weighted by molar-refractivity contribution is 9.10. The molecule has 0 atom stereocenters. The van der Waals surface area contributed by atoms with E-state index >= 15 is 0 Å². The zero-order valence-corrected chi connectivity index (χ0v) is 15.2. The lowest BCUT2D eigenvalue weighted by Crippen LogP contribution is -1.90. The predicted octanol–water partition coefficient (Wildman–Crippen LogP) is 5.33. The Hall–Kier alpha value is -1.86. The van der Waals surface area contributed by atoms with Gasteiger partial charge in [-0.25, -0.2) is 4.39 Å². The van der Waals surface area contributed by atoms with Crippen molar-refractivity contribution in [3.8, 4) is 17.2 Å². The highest BCUT2D eigenvalue weighted by atomic mass is 79.9. The van der Waals surface area contributed by atoms with Gasteiger partial charge in [0, 0.05) is 15.8 Å². The number of aromatic nitrogens is 2. The SMILES string of the molecule is CCOc1ccc(-c2nnc(SCc3ccc(Br)cc3F)o2)cc1. The van der Waals surface area contributed by atoms with Gasteiger partial charge >= 0.3 is 0 Å². The van der Waals surface area contributed by atoms with E-state index in [1.54, 1.807) is 12.1 Å². The van der Waals surface area contributed by atoms with E-state index in [4.69, 9.17) is 9.15 Å². The summed E-state index contributed by atoms with van der Waals surface area (Å²) in [4.78, 5) is 0. The summed E-state index contributed by atoms with van der Waals surface area (Å²) in [6.07, 6.45) is 0. The lowest BCUT2D eigenvalue weighted by atomic mass is 10.2. The van der Waals surface area contributed by atoms with Gasteiger partial charge in [-0.3, -0.25) is 0 Å². The van der Waals surface area contributed by atoms with Crippen LogP contribution in [-0.4, -0.2) is 16.8 Å². The molecule has 3 rings (SSSR count). The van der Waals surface area contributed by atoms with Crippen LogP contribution in [-0.2, 0) is 5.75 Å². The highest BCUT2D eigenvalue weighted by Crippen LogP contribution is 2.28. The lowest BCUT2D eigenvalue weighted by molar-refractivity contribution is 0.340. The third-order valence-electron chi connectivity index (χ3n) is 3.18. The molecule has 0 aliphatic heterocycles. The molecule has 4 nitrogen and oxygen atoms in total. The monoisotopic (exact) mass is 408 g/mol. The molecule has 0 fully saturated rings. The highest BCUT2D eigenvalue weighted by Gasteiger charge is 2.11. The second kappa shape index (κ2) is 7.81. The van der Waals surface area contributed by atoms with Crippen LogP contribution >= 0.6 is 27.7 Å². The molecule has 2 aromatic carbocycles. The van der Waals surface area contributed by atoms with Gasteiger partial charge in [0.1, 0.15) is 11.6 Å². The smallest absolute Gasteiger partial charge is 0.277 e. The Morgan fingerprint density at radius 1 is 1.17 bits per heavy atom. The maximum absolute atomic E-state index is 13.8. The van der Waals surface area contributed by atoms with Crippen molar-refractivity contribution >= 4 is 27.7 Å². The largest absolute Gasteiger partial charge is 0.494 e. The molecule has 0 radical (unpaired) electrons. The van der Waals surface area contributed by atoms with E-state index in [-0.39, 0.29) is 5.82 Å². The molecule has 0 N–H and O–H groups in total. The first-order valence-electron chi connectivity index (χ1n) is 7.29. The topological polar surface area (TPSA) is 48.2 Å². The average Bonchev–Trinajstić information content (AvgIpc) is 3.04. The number of rotatable bonds is 6. The van der Waals surface area contributed by atoms with Crippen LogP contribution in [0.15, 0.2) is 56.6 Å². The molecule has 7 heteroatoms. The zero-order valence-electron chi connectivity index (χ0n) is 12.8. The summed E-state index contributed by atoms with van der Waals surface area (Å²) in [5.74, 6) is 1.38. The summed E-state index contributed by atoms with van der Waals surface area (Å²) in [7, 11) is 0. The Kier molecular flexibility index (Phi) is 5.52. The van der Waals surface area contributed by atoms with Crippen LogP contribution in [0.1, 0.15) is 12.5 Å². The third-order valence-corrected chi connectivity index (χ3v) is 4.55. The summed E-state index contributed by atoms with van der Waals surface area (Å²) in [5.41, 5.74) is 1.40. The summed E-state index contributed by atoms with van der Waals surface area (Å²) < 4.78 is 25.5. The fourth-order valence-electron chi connectivity index (χ4n) is 2.02. The van der Waals surface area contributed by atoms with Gasteiger partial charge in [-0.05, 0) is 48.9 Å². The van der Waals surface area contributed by atoms with Gasteiger partial charge in [-0.2, -0.15) is 0 Å². The Bertz CT molecular complexity index is 824. The Balaban J connectivity index is 1.66. The van der Waals surface area contributed by atoms with Crippen LogP contribution in [0.25, 0.3) is 11.5 Å². The van der Waals surface area contributed by atoms with Crippen molar-refractivity contribution in [1.29, 1.82) is 0 Å². The van der Waals surface area contributed by atoms with E-state index in [0.29, 0.717) is 33.5 Å². The molecule has 0 saturated heterocycles. The number of hydrogen-bond acceptors (Lipinski definition) is 5. The van der Waals surface area contributed by atoms with E-state index in [1.165, 1.54) is 17.8 Å². The van der Waals surface area contributed by atoms with Gasteiger partial charge in [0.05, 0.1) is 6.61 Å². The van der Waals surface area contributed by atoms with E-state index in [9.17, 15) is 4.39 Å². The quantitative estimate of drug-likeness (QED) is 0.515. The van der Waals surface area contributed by atoms with Crippen LogP contribution in [0.3, 0.4) is 0 Å². The fourth-order valence-corrected chi connectivity index (χ4v) is 3.11. The van der Waals surface area contributed by atoms with Gasteiger partial charge in [-0.15, -0.1) is 10.2 Å². The first-order chi connectivity index (χ1) is 11.7. The minimum atomic E-state index is -0.261. The van der Waals surface area contributed by atoms with Gasteiger partial charge in [0.2, 0.25) is 5.89 Å². The molecule has 0 amide bonds. The Morgan fingerprint density at radius 2 is 1.96 bits per heavy atom. The first kappa shape index (κ1) is 17.0. The minimum Gasteiger partial charge on any atom is -0.494 e. The van der Waals surface area contributed by atoms with Gasteiger partial charge in [0.25, 0.3) is 5.22 Å². The molecule has 0 aliphatic carbocycles. The first-order valence-corrected chi connectivity index (χ1v) is 9.07. The fraction of sp³-hybridized carbons (Fsp3) is 0.176. The van der Waals surface area contributed by atoms with Gasteiger partial charge in [0.15, 0.2) is 0 Å². The van der Waals surface area contributed by atoms with Gasteiger partial charge in [-0.1, -0.05) is 33.8 Å². The van der Waals surface area contributed by atoms with Crippen LogP contribution in [0.5, 0.6) is 5.75 Å². The number of ether oxygens (including phenoxy) is 1. The Labute approximate surface area is 151 Å². The molecular weight excluding hydrogens is 395 g/mol. The normalized spacial score (nSPS) is 10.8. The third kappa shape index (κ3) is 4.15. The standard InChI is InChI=1S/C17H14BrFN2O2S/c1-2-22-14-7-4-11(5-8-14)16-20-21-17(23-16)24-10-12-3-6-13(18)9-15(12)19/h3-9H,2,10H2,1H3. The van der Waals surface area contributed by atoms with Crippen LogP contribution in [0.4, 0.5) is 4.39 Å². The molecule has 1 aromatic heterocycles. The summed E-state index contributed by atoms with van der Waals surface area (Å²) >= 11 is 4.54. The van der Waals surface area contributed by atoms with Gasteiger partial charge < -0.3 is 9.15 Å². The maximum Gasteiger partial charge on any atom is 0.277 e. The number of nitrogens with zero attached hydrogens (tertiary/aromatic N) is 2. The lowest BCUT2D eigenvalue weighted by Gasteiger charge is -2.02. The van der Waals surface area contributed by atoms with Crippen molar-refractivity contribution in [2.45, 2.75) is 17.9 Å². The number of benzene rings is 2. The second-order valence-corrected chi connectivity index (χ2v) is 6.70. The molecule has 124 valence electrons. The molecule has 0 aliphatic rings. The summed E-state index contributed by atoms with van der Waals surface area (Å²) in [5, 5.41) is 8.43. The average molecular weight is 409 g/mol. The predicted molar refractivity (Wildman–Crippen MR) is 94.6 cm³/mol. The van der Waals surface area contributed by atoms with Crippen molar-refractivity contribution in [2.75, 3.05) is 6.61 Å². The number of halogens is 2. The van der Waals surface area contributed by atoms with Crippen molar-refractivity contribution in [3.05, 3.63) is 58.3 Å². The molecular formula is C17H14BrFN2O2S. The number of thioether (sulfide) groups is 1. The van der Waals surface area contributed by atoms with Crippen molar-refractivity contribution in [2.24, 2.45) is 0 Å². The second-order valence-electron chi connectivity index (χ2n) is 4.85. The van der Waals surface area contributed by atoms with E-state index in [2.05, 4.69) is 26.1 Å². The molecule has 1 heterocycles. The van der Waals surface area contributed by atoms with Crippen LogP contribution < -0.4 is 4.74 Å².